The van der Waals surface area contributed by atoms with Gasteiger partial charge in [-0.2, -0.15) is 0 Å². The average Bonchev–Trinajstić information content (AvgIpc) is 2.33. The number of nitrogens with one attached hydrogen (secondary N) is 1. The van der Waals surface area contributed by atoms with E-state index in [-0.39, 0.29) is 0 Å². The van der Waals surface area contributed by atoms with Gasteiger partial charge in [0.1, 0.15) is 5.84 Å². The molecule has 0 saturated carbocycles. The van der Waals surface area contributed by atoms with Gasteiger partial charge in [0.2, 0.25) is 0 Å². The second-order valence-corrected chi connectivity index (χ2v) is 2.61. The van der Waals surface area contributed by atoms with E-state index in [0.717, 1.165) is 19.6 Å². The molecule has 0 atom stereocenters. The molecular formula is C7H15N3. The summed E-state index contributed by atoms with van der Waals surface area (Å²) in [5.74, 6) is 0.666. The second-order valence-electron chi connectivity index (χ2n) is 2.61. The standard InChI is InChI=1S/C7H15N3/c1-3-9-5-4-6-10(9)7(2)8/h8H,3-6H2,1-2H3. The van der Waals surface area contributed by atoms with Crippen LogP contribution in [0, 0.1) is 5.41 Å². The summed E-state index contributed by atoms with van der Waals surface area (Å²) in [5, 5.41) is 11.7. The summed E-state index contributed by atoms with van der Waals surface area (Å²) in [6.07, 6.45) is 1.20. The first kappa shape index (κ1) is 7.54. The molecule has 3 heteroatoms. The maximum absolute atomic E-state index is 7.41. The van der Waals surface area contributed by atoms with E-state index in [1.807, 2.05) is 11.9 Å². The molecule has 0 aromatic heterocycles. The molecular weight excluding hydrogens is 126 g/mol. The number of hydrogen-bond acceptors (Lipinski definition) is 2. The molecule has 0 bridgehead atoms. The fourth-order valence-electron chi connectivity index (χ4n) is 1.37. The number of hydrazine groups is 1. The molecule has 0 aromatic rings. The minimum Gasteiger partial charge on any atom is -0.294 e. The van der Waals surface area contributed by atoms with Crippen molar-refractivity contribution in [1.29, 1.82) is 5.41 Å². The normalized spacial score (nSPS) is 20.0. The van der Waals surface area contributed by atoms with E-state index in [9.17, 15) is 0 Å². The molecule has 0 spiro atoms. The Hall–Kier alpha value is -0.570. The maximum Gasteiger partial charge on any atom is 0.107 e. The van der Waals surface area contributed by atoms with Crippen LogP contribution in [0.3, 0.4) is 0 Å². The molecule has 1 rings (SSSR count). The molecule has 10 heavy (non-hydrogen) atoms. The first-order valence-electron chi connectivity index (χ1n) is 3.83. The lowest BCUT2D eigenvalue weighted by Gasteiger charge is -2.26. The van der Waals surface area contributed by atoms with Gasteiger partial charge in [0.05, 0.1) is 0 Å². The van der Waals surface area contributed by atoms with E-state index >= 15 is 0 Å². The van der Waals surface area contributed by atoms with Crippen molar-refractivity contribution < 1.29 is 0 Å². The zero-order valence-electron chi connectivity index (χ0n) is 6.72. The molecule has 1 fully saturated rings. The summed E-state index contributed by atoms with van der Waals surface area (Å²) in [6.45, 7) is 7.14. The number of hydrogen-bond donors (Lipinski definition) is 1. The van der Waals surface area contributed by atoms with Gasteiger partial charge in [0.15, 0.2) is 0 Å². The summed E-state index contributed by atoms with van der Waals surface area (Å²) >= 11 is 0. The summed E-state index contributed by atoms with van der Waals surface area (Å²) in [5.41, 5.74) is 0. The number of amidine groups is 1. The van der Waals surface area contributed by atoms with Crippen LogP contribution in [0.25, 0.3) is 0 Å². The third kappa shape index (κ3) is 1.29. The molecule has 1 aliphatic heterocycles. The summed E-state index contributed by atoms with van der Waals surface area (Å²) < 4.78 is 0. The van der Waals surface area contributed by atoms with Crippen molar-refractivity contribution in [2.75, 3.05) is 19.6 Å². The number of nitrogens with zero attached hydrogens (tertiary/aromatic N) is 2. The van der Waals surface area contributed by atoms with Gasteiger partial charge in [-0.05, 0) is 13.3 Å². The first-order chi connectivity index (χ1) is 4.75. The van der Waals surface area contributed by atoms with Gasteiger partial charge in [0, 0.05) is 19.6 Å². The third-order valence-corrected chi connectivity index (χ3v) is 1.88. The Morgan fingerprint density at radius 3 is 2.60 bits per heavy atom. The Labute approximate surface area is 62.1 Å². The highest BCUT2D eigenvalue weighted by molar-refractivity contribution is 5.75. The van der Waals surface area contributed by atoms with E-state index in [0.29, 0.717) is 5.84 Å². The molecule has 1 aliphatic rings. The number of rotatable bonds is 1. The lowest BCUT2D eigenvalue weighted by Crippen LogP contribution is -2.39. The van der Waals surface area contributed by atoms with Crippen LogP contribution in [0.5, 0.6) is 0 Å². The van der Waals surface area contributed by atoms with Crippen molar-refractivity contribution in [3.63, 3.8) is 0 Å². The van der Waals surface area contributed by atoms with Gasteiger partial charge in [-0.25, -0.2) is 5.01 Å². The van der Waals surface area contributed by atoms with Crippen molar-refractivity contribution >= 4 is 5.84 Å². The smallest absolute Gasteiger partial charge is 0.107 e. The molecule has 0 aliphatic carbocycles. The van der Waals surface area contributed by atoms with Crippen molar-refractivity contribution in [3.05, 3.63) is 0 Å². The van der Waals surface area contributed by atoms with E-state index in [2.05, 4.69) is 11.9 Å². The predicted molar refractivity (Wildman–Crippen MR) is 42.0 cm³/mol. The Morgan fingerprint density at radius 1 is 1.50 bits per heavy atom. The molecule has 0 radical (unpaired) electrons. The average molecular weight is 141 g/mol. The fraction of sp³-hybridized carbons (Fsp3) is 0.857. The highest BCUT2D eigenvalue weighted by atomic mass is 15.6. The second kappa shape index (κ2) is 3.01. The molecule has 1 N–H and O–H groups in total. The van der Waals surface area contributed by atoms with Crippen LogP contribution in [0.2, 0.25) is 0 Å². The van der Waals surface area contributed by atoms with Crippen LogP contribution in [-0.2, 0) is 0 Å². The topological polar surface area (TPSA) is 30.3 Å². The lowest BCUT2D eigenvalue weighted by molar-refractivity contribution is 0.111. The van der Waals surface area contributed by atoms with Gasteiger partial charge in [-0.3, -0.25) is 10.4 Å². The molecule has 0 aromatic carbocycles. The molecule has 58 valence electrons. The summed E-state index contributed by atoms with van der Waals surface area (Å²) in [4.78, 5) is 0. The van der Waals surface area contributed by atoms with Gasteiger partial charge in [0.25, 0.3) is 0 Å². The quantitative estimate of drug-likeness (QED) is 0.435. The zero-order valence-corrected chi connectivity index (χ0v) is 6.72. The van der Waals surface area contributed by atoms with Gasteiger partial charge in [-0.1, -0.05) is 6.92 Å². The summed E-state index contributed by atoms with van der Waals surface area (Å²) in [7, 11) is 0. The monoisotopic (exact) mass is 141 g/mol. The predicted octanol–water partition coefficient (Wildman–Crippen LogP) is 0.926. The Bertz CT molecular complexity index is 133. The van der Waals surface area contributed by atoms with Gasteiger partial charge < -0.3 is 0 Å². The molecule has 0 unspecified atom stereocenters. The van der Waals surface area contributed by atoms with E-state index in [1.54, 1.807) is 0 Å². The largest absolute Gasteiger partial charge is 0.294 e. The minimum atomic E-state index is 0.666. The maximum atomic E-state index is 7.41. The SMILES string of the molecule is CCN1CCCN1C(C)=N. The van der Waals surface area contributed by atoms with Gasteiger partial charge >= 0.3 is 0 Å². The molecule has 0 amide bonds. The molecule has 1 heterocycles. The van der Waals surface area contributed by atoms with Crippen LogP contribution in [0.15, 0.2) is 0 Å². The molecule has 3 nitrogen and oxygen atoms in total. The fourth-order valence-corrected chi connectivity index (χ4v) is 1.37. The van der Waals surface area contributed by atoms with E-state index in [4.69, 9.17) is 5.41 Å². The van der Waals surface area contributed by atoms with Crippen LogP contribution in [0.1, 0.15) is 20.3 Å². The molecule has 1 saturated heterocycles. The van der Waals surface area contributed by atoms with Crippen LogP contribution < -0.4 is 0 Å². The van der Waals surface area contributed by atoms with Crippen LogP contribution in [-0.4, -0.2) is 35.5 Å². The third-order valence-electron chi connectivity index (χ3n) is 1.88. The Kier molecular flexibility index (Phi) is 2.27. The Morgan fingerprint density at radius 2 is 2.20 bits per heavy atom. The first-order valence-corrected chi connectivity index (χ1v) is 3.83. The lowest BCUT2D eigenvalue weighted by atomic mass is 10.4. The van der Waals surface area contributed by atoms with E-state index in [1.165, 1.54) is 6.42 Å². The van der Waals surface area contributed by atoms with Crippen LogP contribution >= 0.6 is 0 Å². The van der Waals surface area contributed by atoms with Crippen LogP contribution in [0.4, 0.5) is 0 Å². The van der Waals surface area contributed by atoms with E-state index < -0.39 is 0 Å². The highest BCUT2D eigenvalue weighted by Crippen LogP contribution is 2.08. The minimum absolute atomic E-state index is 0.666. The highest BCUT2D eigenvalue weighted by Gasteiger charge is 2.19. The van der Waals surface area contributed by atoms with Gasteiger partial charge in [-0.15, -0.1) is 0 Å². The van der Waals surface area contributed by atoms with Crippen molar-refractivity contribution in [2.24, 2.45) is 0 Å². The van der Waals surface area contributed by atoms with Crippen molar-refractivity contribution in [3.8, 4) is 0 Å². The van der Waals surface area contributed by atoms with Crippen molar-refractivity contribution in [1.82, 2.24) is 10.0 Å². The zero-order chi connectivity index (χ0) is 7.56. The Balaban J connectivity index is 2.50. The summed E-state index contributed by atoms with van der Waals surface area (Å²) in [6, 6.07) is 0. The van der Waals surface area contributed by atoms with Crippen molar-refractivity contribution in [2.45, 2.75) is 20.3 Å².